The molecule has 0 spiro atoms. The third kappa shape index (κ3) is 6.71. The molecular weight excluding hydrogens is 450 g/mol. The van der Waals surface area contributed by atoms with E-state index >= 15 is 0 Å². The number of halogens is 1. The molecule has 1 atom stereocenters. The first-order valence-corrected chi connectivity index (χ1v) is 11.8. The lowest BCUT2D eigenvalue weighted by Gasteiger charge is -2.34. The SMILES string of the molecule is O=C(Nc1ccc(Cl)cc1)N[C@@H](Cc1ccccc1)C(=O)NC1CCN(c2ccncc2)CC1. The van der Waals surface area contributed by atoms with Crippen molar-refractivity contribution in [2.45, 2.75) is 31.3 Å². The summed E-state index contributed by atoms with van der Waals surface area (Å²) < 4.78 is 0. The summed E-state index contributed by atoms with van der Waals surface area (Å²) in [6.07, 6.45) is 5.65. The number of nitrogens with one attached hydrogen (secondary N) is 3. The lowest BCUT2D eigenvalue weighted by molar-refractivity contribution is -0.123. The Morgan fingerprint density at radius 2 is 1.65 bits per heavy atom. The van der Waals surface area contributed by atoms with Gasteiger partial charge >= 0.3 is 6.03 Å². The van der Waals surface area contributed by atoms with E-state index in [9.17, 15) is 9.59 Å². The van der Waals surface area contributed by atoms with Crippen molar-refractivity contribution >= 4 is 34.9 Å². The number of carbonyl (C=O) groups is 2. The van der Waals surface area contributed by atoms with Crippen LogP contribution in [0, 0.1) is 0 Å². The average molecular weight is 478 g/mol. The van der Waals surface area contributed by atoms with E-state index in [0.717, 1.165) is 37.2 Å². The molecule has 0 bridgehead atoms. The van der Waals surface area contributed by atoms with Crippen LogP contribution in [0.15, 0.2) is 79.1 Å². The molecule has 1 aliphatic rings. The number of carbonyl (C=O) groups excluding carboxylic acids is 2. The zero-order valence-corrected chi connectivity index (χ0v) is 19.5. The number of amides is 3. The van der Waals surface area contributed by atoms with Crippen LogP contribution in [0.4, 0.5) is 16.2 Å². The zero-order valence-electron chi connectivity index (χ0n) is 18.8. The molecule has 8 heteroatoms. The number of urea groups is 1. The van der Waals surface area contributed by atoms with Crippen molar-refractivity contribution in [2.75, 3.05) is 23.3 Å². The van der Waals surface area contributed by atoms with Crippen molar-refractivity contribution < 1.29 is 9.59 Å². The summed E-state index contributed by atoms with van der Waals surface area (Å²) in [6.45, 7) is 1.70. The van der Waals surface area contributed by atoms with Crippen LogP contribution in [0.3, 0.4) is 0 Å². The Bertz CT molecular complexity index is 1070. The van der Waals surface area contributed by atoms with E-state index in [1.165, 1.54) is 0 Å². The fourth-order valence-corrected chi connectivity index (χ4v) is 4.18. The number of pyridine rings is 1. The number of hydrogen-bond acceptors (Lipinski definition) is 4. The topological polar surface area (TPSA) is 86.4 Å². The Kier molecular flexibility index (Phi) is 7.99. The van der Waals surface area contributed by atoms with Gasteiger partial charge in [0, 0.05) is 54.3 Å². The summed E-state index contributed by atoms with van der Waals surface area (Å²) in [5, 5.41) is 9.34. The Morgan fingerprint density at radius 1 is 0.971 bits per heavy atom. The van der Waals surface area contributed by atoms with Crippen LogP contribution in [0.25, 0.3) is 0 Å². The van der Waals surface area contributed by atoms with E-state index in [-0.39, 0.29) is 11.9 Å². The summed E-state index contributed by atoms with van der Waals surface area (Å²) >= 11 is 5.91. The van der Waals surface area contributed by atoms with Crippen molar-refractivity contribution in [3.05, 3.63) is 89.7 Å². The predicted molar refractivity (Wildman–Crippen MR) is 135 cm³/mol. The minimum atomic E-state index is -0.701. The zero-order chi connectivity index (χ0) is 23.8. The molecule has 0 saturated carbocycles. The number of rotatable bonds is 7. The molecule has 2 heterocycles. The fraction of sp³-hybridized carbons (Fsp3) is 0.269. The first-order valence-electron chi connectivity index (χ1n) is 11.4. The van der Waals surface area contributed by atoms with Crippen molar-refractivity contribution in [3.63, 3.8) is 0 Å². The molecule has 1 saturated heterocycles. The van der Waals surface area contributed by atoms with Crippen LogP contribution in [-0.2, 0) is 11.2 Å². The lowest BCUT2D eigenvalue weighted by Crippen LogP contribution is -2.53. The van der Waals surface area contributed by atoms with E-state index in [2.05, 4.69) is 25.8 Å². The summed E-state index contributed by atoms with van der Waals surface area (Å²) in [6, 6.07) is 19.4. The van der Waals surface area contributed by atoms with E-state index in [1.54, 1.807) is 36.7 Å². The average Bonchev–Trinajstić information content (AvgIpc) is 2.87. The molecule has 1 aliphatic heterocycles. The fourth-order valence-electron chi connectivity index (χ4n) is 4.06. The Labute approximate surface area is 204 Å². The standard InChI is InChI=1S/C26H28ClN5O2/c27-20-6-8-21(9-7-20)30-26(34)31-24(18-19-4-2-1-3-5-19)25(33)29-22-12-16-32(17-13-22)23-10-14-28-15-11-23/h1-11,14-15,22,24H,12-13,16-18H2,(H,29,33)(H2,30,31,34)/t24-/m0/s1. The van der Waals surface area contributed by atoms with Gasteiger partial charge in [-0.1, -0.05) is 41.9 Å². The molecule has 3 N–H and O–H groups in total. The van der Waals surface area contributed by atoms with Gasteiger partial charge in [-0.25, -0.2) is 4.79 Å². The summed E-state index contributed by atoms with van der Waals surface area (Å²) in [7, 11) is 0. The van der Waals surface area contributed by atoms with Gasteiger partial charge in [0.1, 0.15) is 6.04 Å². The molecular formula is C26H28ClN5O2. The highest BCUT2D eigenvalue weighted by Gasteiger charge is 2.26. The van der Waals surface area contributed by atoms with E-state index in [0.29, 0.717) is 17.1 Å². The predicted octanol–water partition coefficient (Wildman–Crippen LogP) is 4.25. The molecule has 4 rings (SSSR count). The van der Waals surface area contributed by atoms with Crippen molar-refractivity contribution in [3.8, 4) is 0 Å². The van der Waals surface area contributed by atoms with Crippen LogP contribution in [-0.4, -0.2) is 42.1 Å². The van der Waals surface area contributed by atoms with Crippen LogP contribution in [0.2, 0.25) is 5.02 Å². The largest absolute Gasteiger partial charge is 0.371 e. The lowest BCUT2D eigenvalue weighted by atomic mass is 10.0. The first kappa shape index (κ1) is 23.6. The second kappa shape index (κ2) is 11.5. The van der Waals surface area contributed by atoms with E-state index < -0.39 is 12.1 Å². The minimum absolute atomic E-state index is 0.0602. The maximum absolute atomic E-state index is 13.2. The van der Waals surface area contributed by atoms with Crippen LogP contribution in [0.5, 0.6) is 0 Å². The van der Waals surface area contributed by atoms with Gasteiger partial charge in [0.2, 0.25) is 5.91 Å². The number of anilines is 2. The summed E-state index contributed by atoms with van der Waals surface area (Å²) in [4.78, 5) is 32.2. The third-order valence-corrected chi connectivity index (χ3v) is 6.13. The molecule has 1 fully saturated rings. The number of piperidine rings is 1. The van der Waals surface area contributed by atoms with Gasteiger partial charge < -0.3 is 20.9 Å². The molecule has 34 heavy (non-hydrogen) atoms. The van der Waals surface area contributed by atoms with Gasteiger partial charge in [0.05, 0.1) is 0 Å². The first-order chi connectivity index (χ1) is 16.6. The number of nitrogens with zero attached hydrogens (tertiary/aromatic N) is 2. The molecule has 3 aromatic rings. The molecule has 0 unspecified atom stereocenters. The molecule has 1 aromatic heterocycles. The van der Waals surface area contributed by atoms with Crippen LogP contribution >= 0.6 is 11.6 Å². The van der Waals surface area contributed by atoms with Gasteiger partial charge in [-0.2, -0.15) is 0 Å². The van der Waals surface area contributed by atoms with Crippen molar-refractivity contribution in [2.24, 2.45) is 0 Å². The molecule has 3 amide bonds. The number of benzene rings is 2. The number of hydrogen-bond donors (Lipinski definition) is 3. The van der Waals surface area contributed by atoms with E-state index in [1.807, 2.05) is 42.5 Å². The molecule has 0 radical (unpaired) electrons. The molecule has 0 aliphatic carbocycles. The van der Waals surface area contributed by atoms with Gasteiger partial charge in [0.25, 0.3) is 0 Å². The molecule has 176 valence electrons. The molecule has 7 nitrogen and oxygen atoms in total. The third-order valence-electron chi connectivity index (χ3n) is 5.88. The summed E-state index contributed by atoms with van der Waals surface area (Å²) in [5.41, 5.74) is 2.72. The highest BCUT2D eigenvalue weighted by atomic mass is 35.5. The highest BCUT2D eigenvalue weighted by molar-refractivity contribution is 6.30. The Hall–Kier alpha value is -3.58. The second-order valence-electron chi connectivity index (χ2n) is 8.32. The number of aromatic nitrogens is 1. The monoisotopic (exact) mass is 477 g/mol. The maximum atomic E-state index is 13.2. The Morgan fingerprint density at radius 3 is 2.32 bits per heavy atom. The van der Waals surface area contributed by atoms with Crippen LogP contribution < -0.4 is 20.9 Å². The quantitative estimate of drug-likeness (QED) is 0.474. The van der Waals surface area contributed by atoms with E-state index in [4.69, 9.17) is 11.6 Å². The molecule has 2 aromatic carbocycles. The smallest absolute Gasteiger partial charge is 0.319 e. The van der Waals surface area contributed by atoms with Gasteiger partial charge in [-0.05, 0) is 54.8 Å². The Balaban J connectivity index is 1.36. The van der Waals surface area contributed by atoms with Gasteiger partial charge in [0.15, 0.2) is 0 Å². The van der Waals surface area contributed by atoms with Crippen molar-refractivity contribution in [1.82, 2.24) is 15.6 Å². The normalized spacial score (nSPS) is 14.8. The second-order valence-corrected chi connectivity index (χ2v) is 8.76. The summed E-state index contributed by atoms with van der Waals surface area (Å²) in [5.74, 6) is -0.183. The van der Waals surface area contributed by atoms with Gasteiger partial charge in [-0.3, -0.25) is 9.78 Å². The maximum Gasteiger partial charge on any atom is 0.319 e. The van der Waals surface area contributed by atoms with Gasteiger partial charge in [-0.15, -0.1) is 0 Å². The van der Waals surface area contributed by atoms with Crippen LogP contribution in [0.1, 0.15) is 18.4 Å². The minimum Gasteiger partial charge on any atom is -0.371 e. The highest BCUT2D eigenvalue weighted by Crippen LogP contribution is 2.19. The van der Waals surface area contributed by atoms with Crippen molar-refractivity contribution in [1.29, 1.82) is 0 Å².